The second-order valence-corrected chi connectivity index (χ2v) is 14.8. The zero-order valence-corrected chi connectivity index (χ0v) is 31.1. The average Bonchev–Trinajstić information content (AvgIpc) is 3.12. The lowest BCUT2D eigenvalue weighted by molar-refractivity contribution is 0.558. The van der Waals surface area contributed by atoms with E-state index in [9.17, 15) is 0 Å². The summed E-state index contributed by atoms with van der Waals surface area (Å²) in [5, 5.41) is 0. The Bertz CT molecular complexity index is 1420. The topological polar surface area (TPSA) is 52.0 Å². The van der Waals surface area contributed by atoms with Gasteiger partial charge in [0, 0.05) is 23.2 Å². The largest absolute Gasteiger partial charge is 0.399 e. The molecule has 4 N–H and O–H groups in total. The Morgan fingerprint density at radius 2 is 0.694 bits per heavy atom. The van der Waals surface area contributed by atoms with Gasteiger partial charge in [0.15, 0.2) is 0 Å². The lowest BCUT2D eigenvalue weighted by Crippen LogP contribution is -2.04. The van der Waals surface area contributed by atoms with Gasteiger partial charge in [-0.05, 0) is 82.8 Å². The Labute approximate surface area is 300 Å². The SMILES string of the molecule is CCCCCCCCCC(c1ccc(N)cc1)c1ccc(CC(C)c2ccc(C(CCCCCCCCC)c3ccc(N)cc3)cc2)cc1. The standard InChI is InChI=1S/C47H66N2/c1-4-6-8-10-12-14-16-18-46(42-28-32-44(48)33-29-42)40-22-20-38(21-23-40)36-37(3)39-24-26-41(27-25-39)47(43-30-34-45(49)35-31-43)19-17-15-13-11-9-7-5-2/h20-35,37,46-47H,4-19,36,48-49H2,1-3H3. The molecule has 0 aliphatic heterocycles. The molecule has 2 heteroatoms. The Morgan fingerprint density at radius 1 is 0.388 bits per heavy atom. The lowest BCUT2D eigenvalue weighted by Gasteiger charge is -2.21. The Morgan fingerprint density at radius 3 is 1.08 bits per heavy atom. The normalized spacial score (nSPS) is 13.3. The molecule has 0 amide bonds. The third kappa shape index (κ3) is 13.0. The zero-order chi connectivity index (χ0) is 34.7. The van der Waals surface area contributed by atoms with Gasteiger partial charge in [0.25, 0.3) is 0 Å². The summed E-state index contributed by atoms with van der Waals surface area (Å²) in [5.41, 5.74) is 22.2. The van der Waals surface area contributed by atoms with E-state index in [1.165, 1.54) is 136 Å². The van der Waals surface area contributed by atoms with E-state index >= 15 is 0 Å². The summed E-state index contributed by atoms with van der Waals surface area (Å²) in [7, 11) is 0. The number of rotatable bonds is 23. The highest BCUT2D eigenvalue weighted by Gasteiger charge is 2.17. The maximum atomic E-state index is 6.05. The maximum Gasteiger partial charge on any atom is 0.0314 e. The van der Waals surface area contributed by atoms with Crippen LogP contribution in [0, 0.1) is 0 Å². The van der Waals surface area contributed by atoms with E-state index in [1.54, 1.807) is 0 Å². The van der Waals surface area contributed by atoms with Gasteiger partial charge in [-0.15, -0.1) is 0 Å². The number of anilines is 2. The van der Waals surface area contributed by atoms with Crippen molar-refractivity contribution in [1.29, 1.82) is 0 Å². The fourth-order valence-corrected chi connectivity index (χ4v) is 7.53. The Balaban J connectivity index is 1.37. The minimum absolute atomic E-state index is 0.420. The summed E-state index contributed by atoms with van der Waals surface area (Å²) in [6.45, 7) is 6.95. The van der Waals surface area contributed by atoms with Gasteiger partial charge >= 0.3 is 0 Å². The quantitative estimate of drug-likeness (QED) is 0.0615. The second-order valence-electron chi connectivity index (χ2n) is 14.8. The molecule has 3 atom stereocenters. The van der Waals surface area contributed by atoms with E-state index in [2.05, 4.69) is 118 Å². The molecule has 264 valence electrons. The van der Waals surface area contributed by atoms with Crippen molar-refractivity contribution in [2.75, 3.05) is 11.5 Å². The highest BCUT2D eigenvalue weighted by atomic mass is 14.5. The highest BCUT2D eigenvalue weighted by molar-refractivity contribution is 5.44. The molecule has 3 unspecified atom stereocenters. The minimum atomic E-state index is 0.420. The van der Waals surface area contributed by atoms with Crippen molar-refractivity contribution >= 4 is 11.4 Å². The predicted molar refractivity (Wildman–Crippen MR) is 216 cm³/mol. The van der Waals surface area contributed by atoms with Crippen molar-refractivity contribution in [3.8, 4) is 0 Å². The van der Waals surface area contributed by atoms with Crippen LogP contribution in [0.3, 0.4) is 0 Å². The van der Waals surface area contributed by atoms with E-state index in [1.807, 2.05) is 0 Å². The molecule has 0 bridgehead atoms. The Kier molecular flexibility index (Phi) is 16.8. The first-order chi connectivity index (χ1) is 24.0. The smallest absolute Gasteiger partial charge is 0.0314 e. The van der Waals surface area contributed by atoms with E-state index in [0.717, 1.165) is 17.8 Å². The molecule has 0 aliphatic carbocycles. The maximum absolute atomic E-state index is 6.05. The fraction of sp³-hybridized carbons (Fsp3) is 0.489. The van der Waals surface area contributed by atoms with Gasteiger partial charge in [0.05, 0.1) is 0 Å². The molecule has 2 nitrogen and oxygen atoms in total. The molecule has 4 aromatic carbocycles. The fourth-order valence-electron chi connectivity index (χ4n) is 7.53. The van der Waals surface area contributed by atoms with Crippen LogP contribution in [0.1, 0.15) is 175 Å². The van der Waals surface area contributed by atoms with Crippen molar-refractivity contribution in [2.24, 2.45) is 0 Å². The van der Waals surface area contributed by atoms with E-state index < -0.39 is 0 Å². The molecule has 0 saturated carbocycles. The summed E-state index contributed by atoms with van der Waals surface area (Å²) in [6, 6.07) is 36.2. The molecular weight excluding hydrogens is 593 g/mol. The number of nitrogens with two attached hydrogens (primary N) is 2. The highest BCUT2D eigenvalue weighted by Crippen LogP contribution is 2.34. The summed E-state index contributed by atoms with van der Waals surface area (Å²) < 4.78 is 0. The Hall–Kier alpha value is -3.52. The lowest BCUT2D eigenvalue weighted by atomic mass is 9.84. The third-order valence-electron chi connectivity index (χ3n) is 10.7. The van der Waals surface area contributed by atoms with Crippen LogP contribution in [-0.4, -0.2) is 0 Å². The van der Waals surface area contributed by atoms with Crippen molar-refractivity contribution in [1.82, 2.24) is 0 Å². The first kappa shape index (κ1) is 38.3. The van der Waals surface area contributed by atoms with Crippen LogP contribution in [-0.2, 0) is 6.42 Å². The van der Waals surface area contributed by atoms with E-state index in [0.29, 0.717) is 17.8 Å². The predicted octanol–water partition coefficient (Wildman–Crippen LogP) is 13.7. The molecule has 0 heterocycles. The van der Waals surface area contributed by atoms with Gasteiger partial charge in [-0.1, -0.05) is 183 Å². The molecule has 0 aromatic heterocycles. The zero-order valence-electron chi connectivity index (χ0n) is 31.1. The van der Waals surface area contributed by atoms with Crippen molar-refractivity contribution in [3.05, 3.63) is 130 Å². The summed E-state index contributed by atoms with van der Waals surface area (Å²) in [6.07, 6.45) is 22.2. The molecule has 4 rings (SSSR count). The first-order valence-electron chi connectivity index (χ1n) is 19.9. The number of nitrogen functional groups attached to an aromatic ring is 2. The second kappa shape index (κ2) is 21.5. The molecule has 4 aromatic rings. The van der Waals surface area contributed by atoms with Crippen LogP contribution in [0.25, 0.3) is 0 Å². The summed E-state index contributed by atoms with van der Waals surface area (Å²) >= 11 is 0. The van der Waals surface area contributed by atoms with Crippen LogP contribution in [0.4, 0.5) is 11.4 Å². The number of unbranched alkanes of at least 4 members (excludes halogenated alkanes) is 12. The molecule has 0 saturated heterocycles. The van der Waals surface area contributed by atoms with Crippen LogP contribution >= 0.6 is 0 Å². The van der Waals surface area contributed by atoms with E-state index in [-0.39, 0.29) is 0 Å². The van der Waals surface area contributed by atoms with Gasteiger partial charge < -0.3 is 11.5 Å². The molecule has 49 heavy (non-hydrogen) atoms. The summed E-state index contributed by atoms with van der Waals surface area (Å²) in [5.74, 6) is 1.30. The van der Waals surface area contributed by atoms with Gasteiger partial charge in [-0.2, -0.15) is 0 Å². The van der Waals surface area contributed by atoms with Crippen LogP contribution < -0.4 is 11.5 Å². The van der Waals surface area contributed by atoms with Crippen LogP contribution in [0.2, 0.25) is 0 Å². The van der Waals surface area contributed by atoms with Crippen LogP contribution in [0.15, 0.2) is 97.1 Å². The molecular formula is C47H66N2. The van der Waals surface area contributed by atoms with E-state index in [4.69, 9.17) is 11.5 Å². The first-order valence-corrected chi connectivity index (χ1v) is 19.9. The van der Waals surface area contributed by atoms with Gasteiger partial charge in [0.1, 0.15) is 0 Å². The van der Waals surface area contributed by atoms with Gasteiger partial charge in [-0.3, -0.25) is 0 Å². The number of hydrogen-bond donors (Lipinski definition) is 2. The monoisotopic (exact) mass is 659 g/mol. The van der Waals surface area contributed by atoms with Crippen molar-refractivity contribution < 1.29 is 0 Å². The van der Waals surface area contributed by atoms with Crippen LogP contribution in [0.5, 0.6) is 0 Å². The molecule has 0 fully saturated rings. The van der Waals surface area contributed by atoms with Crippen molar-refractivity contribution in [2.45, 2.75) is 148 Å². The molecule has 0 aliphatic rings. The van der Waals surface area contributed by atoms with Gasteiger partial charge in [-0.25, -0.2) is 0 Å². The molecule has 0 spiro atoms. The third-order valence-corrected chi connectivity index (χ3v) is 10.7. The molecule has 0 radical (unpaired) electrons. The number of benzene rings is 4. The summed E-state index contributed by atoms with van der Waals surface area (Å²) in [4.78, 5) is 0. The van der Waals surface area contributed by atoms with Crippen molar-refractivity contribution in [3.63, 3.8) is 0 Å². The minimum Gasteiger partial charge on any atom is -0.399 e. The van der Waals surface area contributed by atoms with Gasteiger partial charge in [0.2, 0.25) is 0 Å². The number of hydrogen-bond acceptors (Lipinski definition) is 2. The average molecular weight is 659 g/mol.